The number of hydrogen-bond donors (Lipinski definition) is 0. The smallest absolute Gasteiger partial charge is 0.253 e. The number of benzene rings is 2. The van der Waals surface area contributed by atoms with E-state index in [1.165, 1.54) is 7.05 Å². The third kappa shape index (κ3) is 3.71. The number of nitrogens with zero attached hydrogens (tertiary/aromatic N) is 1. The molecule has 0 heterocycles. The molecule has 0 aliphatic carbocycles. The van der Waals surface area contributed by atoms with Crippen molar-refractivity contribution in [2.24, 2.45) is 0 Å². The minimum atomic E-state index is -2.22. The Hall–Kier alpha value is -2.44. The molecule has 0 saturated heterocycles. The van der Waals surface area contributed by atoms with Gasteiger partial charge in [-0.25, -0.2) is 22.0 Å². The van der Waals surface area contributed by atoms with E-state index in [-0.39, 0.29) is 5.56 Å². The second-order valence-electron chi connectivity index (χ2n) is 6.14. The van der Waals surface area contributed by atoms with E-state index >= 15 is 0 Å². The van der Waals surface area contributed by atoms with Crippen molar-refractivity contribution >= 4 is 5.91 Å². The Balaban J connectivity index is 2.25. The van der Waals surface area contributed by atoms with Crippen LogP contribution in [-0.4, -0.2) is 17.9 Å². The first-order valence-electron chi connectivity index (χ1n) is 8.04. The average Bonchev–Trinajstić information content (AvgIpc) is 2.66. The summed E-state index contributed by atoms with van der Waals surface area (Å²) in [6.07, 6.45) is 0.924. The summed E-state index contributed by atoms with van der Waals surface area (Å²) < 4.78 is 67.1. The van der Waals surface area contributed by atoms with Crippen molar-refractivity contribution in [3.63, 3.8) is 0 Å². The predicted molar refractivity (Wildman–Crippen MR) is 87.2 cm³/mol. The molecule has 0 saturated carbocycles. The largest absolute Gasteiger partial charge is 0.337 e. The first kappa shape index (κ1) is 19.9. The highest BCUT2D eigenvalue weighted by Crippen LogP contribution is 2.25. The Morgan fingerprint density at radius 1 is 0.923 bits per heavy atom. The molecule has 0 N–H and O–H groups in total. The highest BCUT2D eigenvalue weighted by molar-refractivity contribution is 5.94. The molecule has 140 valence electrons. The predicted octanol–water partition coefficient (Wildman–Crippen LogP) is 5.17. The standard InChI is InChI=1S/C19H18F5NO/c1-4-10(2)11-5-7-12(8-6-11)19(26)25(3)9-13-14(20)16(22)18(24)17(23)15(13)21/h5-8,10H,4,9H2,1-3H3. The summed E-state index contributed by atoms with van der Waals surface area (Å²) >= 11 is 0. The fourth-order valence-electron chi connectivity index (χ4n) is 2.51. The van der Waals surface area contributed by atoms with Gasteiger partial charge in [-0.1, -0.05) is 26.0 Å². The van der Waals surface area contributed by atoms with Crippen LogP contribution in [0.4, 0.5) is 22.0 Å². The number of amides is 1. The molecule has 0 fully saturated rings. The number of halogens is 5. The van der Waals surface area contributed by atoms with E-state index in [4.69, 9.17) is 0 Å². The molecule has 2 aromatic carbocycles. The molecule has 1 atom stereocenters. The topological polar surface area (TPSA) is 20.3 Å². The van der Waals surface area contributed by atoms with Crippen LogP contribution in [0.3, 0.4) is 0 Å². The van der Waals surface area contributed by atoms with Gasteiger partial charge >= 0.3 is 0 Å². The van der Waals surface area contributed by atoms with Crippen molar-refractivity contribution in [1.29, 1.82) is 0 Å². The summed E-state index contributed by atoms with van der Waals surface area (Å²) in [4.78, 5) is 13.3. The maximum absolute atomic E-state index is 13.8. The molecular formula is C19H18F5NO. The van der Waals surface area contributed by atoms with Crippen LogP contribution in [0.2, 0.25) is 0 Å². The van der Waals surface area contributed by atoms with Gasteiger partial charge in [0.05, 0.1) is 6.54 Å². The van der Waals surface area contributed by atoms with E-state index in [9.17, 15) is 26.7 Å². The normalized spacial score (nSPS) is 12.2. The van der Waals surface area contributed by atoms with Crippen molar-refractivity contribution in [2.45, 2.75) is 32.7 Å². The van der Waals surface area contributed by atoms with Crippen LogP contribution in [0.15, 0.2) is 24.3 Å². The van der Waals surface area contributed by atoms with Crippen LogP contribution in [0.1, 0.15) is 47.7 Å². The van der Waals surface area contributed by atoms with E-state index in [0.717, 1.165) is 16.9 Å². The van der Waals surface area contributed by atoms with E-state index < -0.39 is 47.1 Å². The van der Waals surface area contributed by atoms with Crippen LogP contribution >= 0.6 is 0 Å². The third-order valence-electron chi connectivity index (χ3n) is 4.38. The van der Waals surface area contributed by atoms with Gasteiger partial charge in [0.25, 0.3) is 5.91 Å². The van der Waals surface area contributed by atoms with Crippen molar-refractivity contribution in [3.05, 3.63) is 70.0 Å². The third-order valence-corrected chi connectivity index (χ3v) is 4.38. The van der Waals surface area contributed by atoms with Crippen molar-refractivity contribution < 1.29 is 26.7 Å². The van der Waals surface area contributed by atoms with Gasteiger partial charge in [-0.3, -0.25) is 4.79 Å². The maximum Gasteiger partial charge on any atom is 0.253 e. The van der Waals surface area contributed by atoms with Gasteiger partial charge < -0.3 is 4.90 Å². The zero-order valence-corrected chi connectivity index (χ0v) is 14.5. The lowest BCUT2D eigenvalue weighted by Gasteiger charge is -2.19. The second kappa shape index (κ2) is 7.85. The zero-order chi connectivity index (χ0) is 19.6. The Bertz CT molecular complexity index is 791. The SMILES string of the molecule is CCC(C)c1ccc(C(=O)N(C)Cc2c(F)c(F)c(F)c(F)c2F)cc1. The van der Waals surface area contributed by atoms with Crippen LogP contribution in [0.25, 0.3) is 0 Å². The van der Waals surface area contributed by atoms with Gasteiger partial charge in [0.1, 0.15) is 0 Å². The van der Waals surface area contributed by atoms with Crippen molar-refractivity contribution in [1.82, 2.24) is 4.90 Å². The monoisotopic (exact) mass is 371 g/mol. The average molecular weight is 371 g/mol. The maximum atomic E-state index is 13.8. The highest BCUT2D eigenvalue weighted by atomic mass is 19.2. The van der Waals surface area contributed by atoms with Crippen LogP contribution in [-0.2, 0) is 6.54 Å². The van der Waals surface area contributed by atoms with Gasteiger partial charge in [-0.2, -0.15) is 0 Å². The highest BCUT2D eigenvalue weighted by Gasteiger charge is 2.27. The van der Waals surface area contributed by atoms with E-state index in [2.05, 4.69) is 0 Å². The molecule has 0 aromatic heterocycles. The molecule has 7 heteroatoms. The molecule has 2 aromatic rings. The van der Waals surface area contributed by atoms with Gasteiger partial charge in [0.15, 0.2) is 23.3 Å². The first-order valence-corrected chi connectivity index (χ1v) is 8.04. The second-order valence-corrected chi connectivity index (χ2v) is 6.14. The lowest BCUT2D eigenvalue weighted by atomic mass is 9.97. The lowest BCUT2D eigenvalue weighted by Crippen LogP contribution is -2.28. The van der Waals surface area contributed by atoms with Gasteiger partial charge in [0, 0.05) is 18.2 Å². The Kier molecular flexibility index (Phi) is 6.00. The molecule has 1 amide bonds. The fourth-order valence-corrected chi connectivity index (χ4v) is 2.51. The van der Waals surface area contributed by atoms with E-state index in [0.29, 0.717) is 5.92 Å². The van der Waals surface area contributed by atoms with Gasteiger partial charge in [0.2, 0.25) is 5.82 Å². The molecule has 2 rings (SSSR count). The minimum Gasteiger partial charge on any atom is -0.337 e. The Labute approximate surface area is 148 Å². The summed E-state index contributed by atoms with van der Waals surface area (Å²) in [5.41, 5.74) is 0.239. The van der Waals surface area contributed by atoms with Crippen LogP contribution < -0.4 is 0 Å². The van der Waals surface area contributed by atoms with Crippen molar-refractivity contribution in [3.8, 4) is 0 Å². The number of rotatable bonds is 5. The first-order chi connectivity index (χ1) is 12.2. The van der Waals surface area contributed by atoms with Crippen molar-refractivity contribution in [2.75, 3.05) is 7.05 Å². The molecular weight excluding hydrogens is 353 g/mol. The van der Waals surface area contributed by atoms with Crippen LogP contribution in [0, 0.1) is 29.1 Å². The van der Waals surface area contributed by atoms with Gasteiger partial charge in [-0.15, -0.1) is 0 Å². The fraction of sp³-hybridized carbons (Fsp3) is 0.316. The minimum absolute atomic E-state index is 0.253. The van der Waals surface area contributed by atoms with E-state index in [1.807, 2.05) is 13.8 Å². The number of carbonyl (C=O) groups is 1. The molecule has 0 bridgehead atoms. The molecule has 1 unspecified atom stereocenters. The lowest BCUT2D eigenvalue weighted by molar-refractivity contribution is 0.0781. The molecule has 0 radical (unpaired) electrons. The molecule has 26 heavy (non-hydrogen) atoms. The Morgan fingerprint density at radius 2 is 1.38 bits per heavy atom. The summed E-state index contributed by atoms with van der Waals surface area (Å²) in [6, 6.07) is 6.68. The number of hydrogen-bond acceptors (Lipinski definition) is 1. The zero-order valence-electron chi connectivity index (χ0n) is 14.5. The summed E-state index contributed by atoms with van der Waals surface area (Å²) in [5, 5.41) is 0. The summed E-state index contributed by atoms with van der Waals surface area (Å²) in [5.74, 6) is -10.4. The van der Waals surface area contributed by atoms with Crippen LogP contribution in [0.5, 0.6) is 0 Å². The van der Waals surface area contributed by atoms with E-state index in [1.54, 1.807) is 24.3 Å². The van der Waals surface area contributed by atoms with Gasteiger partial charge in [-0.05, 0) is 30.0 Å². The summed E-state index contributed by atoms with van der Waals surface area (Å²) in [6.45, 7) is 3.31. The molecule has 2 nitrogen and oxygen atoms in total. The molecule has 0 aliphatic rings. The molecule has 0 aliphatic heterocycles. The molecule has 0 spiro atoms. The summed E-state index contributed by atoms with van der Waals surface area (Å²) in [7, 11) is 1.23. The quantitative estimate of drug-likeness (QED) is 0.404. The number of carbonyl (C=O) groups excluding carboxylic acids is 1. The Morgan fingerprint density at radius 3 is 1.85 bits per heavy atom.